The van der Waals surface area contributed by atoms with Crippen molar-refractivity contribution in [2.24, 2.45) is 0 Å². The zero-order valence-electron chi connectivity index (χ0n) is 18.6. The van der Waals surface area contributed by atoms with E-state index in [9.17, 15) is 9.59 Å². The molecule has 8 heteroatoms. The number of ether oxygens (including phenoxy) is 1. The van der Waals surface area contributed by atoms with Gasteiger partial charge in [0.15, 0.2) is 0 Å². The van der Waals surface area contributed by atoms with Gasteiger partial charge in [-0.2, -0.15) is 0 Å². The van der Waals surface area contributed by atoms with Crippen LogP contribution in [0.3, 0.4) is 0 Å². The van der Waals surface area contributed by atoms with Crippen LogP contribution in [0.2, 0.25) is 0 Å². The van der Waals surface area contributed by atoms with E-state index >= 15 is 0 Å². The molecule has 2 heterocycles. The van der Waals surface area contributed by atoms with Gasteiger partial charge in [-0.1, -0.05) is 42.5 Å². The zero-order valence-corrected chi connectivity index (χ0v) is 19.4. The second-order valence-electron chi connectivity index (χ2n) is 8.23. The van der Waals surface area contributed by atoms with Crippen molar-refractivity contribution in [2.75, 3.05) is 51.3 Å². The monoisotopic (exact) mass is 458 g/mol. The fourth-order valence-electron chi connectivity index (χ4n) is 4.42. The molecule has 0 bridgehead atoms. The average Bonchev–Trinajstić information content (AvgIpc) is 3.04. The zero-order chi connectivity index (χ0) is 21.8. The first-order chi connectivity index (χ1) is 15.0. The standard InChI is InChI=1S/C24H30N4O3.ClH/c1-24(19-9-4-3-5-10-19)22(29)28(23(30)25-24)14-8-13-26-15-17-27(18-16-26)20-11-6-7-12-21(20)31-2;/h3-7,9-12H,8,13-18H2,1-2H3,(H,25,30);1H. The van der Waals surface area contributed by atoms with Gasteiger partial charge in [-0.25, -0.2) is 4.79 Å². The van der Waals surface area contributed by atoms with Gasteiger partial charge in [0.25, 0.3) is 5.91 Å². The van der Waals surface area contributed by atoms with Gasteiger partial charge >= 0.3 is 6.03 Å². The van der Waals surface area contributed by atoms with E-state index in [4.69, 9.17) is 4.74 Å². The van der Waals surface area contributed by atoms with Crippen LogP contribution in [-0.2, 0) is 10.3 Å². The Hall–Kier alpha value is -2.77. The Balaban J connectivity index is 0.00000289. The number of piperazine rings is 1. The maximum Gasteiger partial charge on any atom is 0.325 e. The SMILES string of the molecule is COc1ccccc1N1CCN(CCCN2C(=O)NC(C)(c3ccccc3)C2=O)CC1.Cl. The number of para-hydroxylation sites is 2. The first-order valence-electron chi connectivity index (χ1n) is 10.8. The van der Waals surface area contributed by atoms with Gasteiger partial charge in [0.2, 0.25) is 0 Å². The van der Waals surface area contributed by atoms with Gasteiger partial charge in [-0.05, 0) is 37.6 Å². The first-order valence-corrected chi connectivity index (χ1v) is 10.8. The molecular weight excluding hydrogens is 428 g/mol. The molecule has 2 aliphatic rings. The third kappa shape index (κ3) is 4.69. The number of urea groups is 1. The lowest BCUT2D eigenvalue weighted by molar-refractivity contribution is -0.131. The Labute approximate surface area is 195 Å². The molecule has 2 fully saturated rings. The molecule has 0 aromatic heterocycles. The van der Waals surface area contributed by atoms with Crippen LogP contribution in [0.1, 0.15) is 18.9 Å². The van der Waals surface area contributed by atoms with E-state index in [2.05, 4.69) is 21.2 Å². The summed E-state index contributed by atoms with van der Waals surface area (Å²) in [5.41, 5.74) is 0.950. The Kier molecular flexibility index (Phi) is 7.64. The van der Waals surface area contributed by atoms with E-state index in [0.29, 0.717) is 6.54 Å². The minimum atomic E-state index is -0.987. The van der Waals surface area contributed by atoms with Crippen LogP contribution in [-0.4, -0.2) is 68.1 Å². The second-order valence-corrected chi connectivity index (χ2v) is 8.23. The Morgan fingerprint density at radius 3 is 2.28 bits per heavy atom. The normalized spacial score (nSPS) is 21.3. The van der Waals surface area contributed by atoms with Crippen LogP contribution >= 0.6 is 12.4 Å². The number of nitrogens with zero attached hydrogens (tertiary/aromatic N) is 3. The Morgan fingerprint density at radius 1 is 0.938 bits per heavy atom. The van der Waals surface area contributed by atoms with Crippen LogP contribution in [0.5, 0.6) is 5.75 Å². The highest BCUT2D eigenvalue weighted by Crippen LogP contribution is 2.29. The molecule has 0 saturated carbocycles. The lowest BCUT2D eigenvalue weighted by Gasteiger charge is -2.36. The molecule has 1 N–H and O–H groups in total. The summed E-state index contributed by atoms with van der Waals surface area (Å²) in [4.78, 5) is 31.6. The predicted molar refractivity (Wildman–Crippen MR) is 128 cm³/mol. The number of halogens is 1. The number of hydrogen-bond donors (Lipinski definition) is 1. The molecule has 7 nitrogen and oxygen atoms in total. The number of hydrogen-bond acceptors (Lipinski definition) is 5. The van der Waals surface area contributed by atoms with E-state index in [1.165, 1.54) is 4.90 Å². The molecule has 0 aliphatic carbocycles. The molecule has 2 aromatic carbocycles. The average molecular weight is 459 g/mol. The smallest absolute Gasteiger partial charge is 0.325 e. The van der Waals surface area contributed by atoms with Crippen molar-refractivity contribution >= 4 is 30.0 Å². The van der Waals surface area contributed by atoms with Gasteiger partial charge in [0.1, 0.15) is 11.3 Å². The highest BCUT2D eigenvalue weighted by atomic mass is 35.5. The van der Waals surface area contributed by atoms with E-state index in [1.54, 1.807) is 14.0 Å². The fourth-order valence-corrected chi connectivity index (χ4v) is 4.42. The maximum atomic E-state index is 13.0. The lowest BCUT2D eigenvalue weighted by Crippen LogP contribution is -2.47. The summed E-state index contributed by atoms with van der Waals surface area (Å²) >= 11 is 0. The summed E-state index contributed by atoms with van der Waals surface area (Å²) in [6.45, 7) is 6.81. The molecule has 4 rings (SSSR count). The van der Waals surface area contributed by atoms with Crippen molar-refractivity contribution in [3.8, 4) is 5.75 Å². The molecule has 2 saturated heterocycles. The second kappa shape index (κ2) is 10.2. The topological polar surface area (TPSA) is 65.1 Å². The quantitative estimate of drug-likeness (QED) is 0.646. The molecule has 1 atom stereocenters. The summed E-state index contributed by atoms with van der Waals surface area (Å²) in [5.74, 6) is 0.723. The first kappa shape index (κ1) is 23.9. The minimum Gasteiger partial charge on any atom is -0.495 e. The number of nitrogens with one attached hydrogen (secondary N) is 1. The number of rotatable bonds is 7. The molecule has 0 radical (unpaired) electrons. The van der Waals surface area contributed by atoms with Crippen molar-refractivity contribution in [3.05, 3.63) is 60.2 Å². The molecular formula is C24H31ClN4O3. The highest BCUT2D eigenvalue weighted by molar-refractivity contribution is 6.07. The third-order valence-corrected chi connectivity index (χ3v) is 6.28. The molecule has 172 valence electrons. The Bertz CT molecular complexity index is 934. The van der Waals surface area contributed by atoms with Gasteiger partial charge in [-0.15, -0.1) is 12.4 Å². The maximum absolute atomic E-state index is 13.0. The minimum absolute atomic E-state index is 0. The van der Waals surface area contributed by atoms with Crippen LogP contribution in [0.25, 0.3) is 0 Å². The number of amides is 3. The summed E-state index contributed by atoms with van der Waals surface area (Å²) in [7, 11) is 1.70. The van der Waals surface area contributed by atoms with Gasteiger partial charge in [0.05, 0.1) is 12.8 Å². The fraction of sp³-hybridized carbons (Fsp3) is 0.417. The number of carbonyl (C=O) groups is 2. The molecule has 1 unspecified atom stereocenters. The number of imide groups is 1. The van der Waals surface area contributed by atoms with Crippen LogP contribution in [0.15, 0.2) is 54.6 Å². The molecule has 2 aliphatic heterocycles. The van der Waals surface area contributed by atoms with Crippen LogP contribution in [0, 0.1) is 0 Å². The largest absolute Gasteiger partial charge is 0.495 e. The summed E-state index contributed by atoms with van der Waals surface area (Å²) in [6, 6.07) is 17.2. The van der Waals surface area contributed by atoms with Crippen molar-refractivity contribution in [1.82, 2.24) is 15.1 Å². The molecule has 2 aromatic rings. The molecule has 32 heavy (non-hydrogen) atoms. The molecule has 0 spiro atoms. The van der Waals surface area contributed by atoms with Gasteiger partial charge in [-0.3, -0.25) is 14.6 Å². The third-order valence-electron chi connectivity index (χ3n) is 6.28. The highest BCUT2D eigenvalue weighted by Gasteiger charge is 2.48. The van der Waals surface area contributed by atoms with Crippen molar-refractivity contribution in [2.45, 2.75) is 18.9 Å². The van der Waals surface area contributed by atoms with Gasteiger partial charge in [0, 0.05) is 32.7 Å². The number of carbonyl (C=O) groups excluding carboxylic acids is 2. The van der Waals surface area contributed by atoms with E-state index in [0.717, 1.165) is 56.1 Å². The Morgan fingerprint density at radius 2 is 1.59 bits per heavy atom. The van der Waals surface area contributed by atoms with E-state index in [1.807, 2.05) is 48.5 Å². The van der Waals surface area contributed by atoms with Crippen LogP contribution in [0.4, 0.5) is 10.5 Å². The number of methoxy groups -OCH3 is 1. The molecule has 3 amide bonds. The predicted octanol–water partition coefficient (Wildman–Crippen LogP) is 3.10. The van der Waals surface area contributed by atoms with E-state index in [-0.39, 0.29) is 24.3 Å². The van der Waals surface area contributed by atoms with Crippen molar-refractivity contribution in [3.63, 3.8) is 0 Å². The van der Waals surface area contributed by atoms with Gasteiger partial charge < -0.3 is 15.0 Å². The van der Waals surface area contributed by atoms with Crippen molar-refractivity contribution in [1.29, 1.82) is 0 Å². The van der Waals surface area contributed by atoms with Crippen LogP contribution < -0.4 is 15.0 Å². The number of benzene rings is 2. The van der Waals surface area contributed by atoms with Crippen molar-refractivity contribution < 1.29 is 14.3 Å². The lowest BCUT2D eigenvalue weighted by atomic mass is 9.92. The number of anilines is 1. The van der Waals surface area contributed by atoms with E-state index < -0.39 is 5.54 Å². The summed E-state index contributed by atoms with van der Waals surface area (Å²) in [5, 5.41) is 2.87. The summed E-state index contributed by atoms with van der Waals surface area (Å²) in [6.07, 6.45) is 0.763. The summed E-state index contributed by atoms with van der Waals surface area (Å²) < 4.78 is 5.49.